The summed E-state index contributed by atoms with van der Waals surface area (Å²) in [5.74, 6) is 1.29. The van der Waals surface area contributed by atoms with Gasteiger partial charge in [-0.15, -0.1) is 0 Å². The topological polar surface area (TPSA) is 47.6 Å². The lowest BCUT2D eigenvalue weighted by Crippen LogP contribution is -2.22. The molecule has 1 amide bonds. The lowest BCUT2D eigenvalue weighted by atomic mass is 10.1. The largest absolute Gasteiger partial charge is 0.489 e. The summed E-state index contributed by atoms with van der Waals surface area (Å²) < 4.78 is 11.3. The third-order valence-corrected chi connectivity index (χ3v) is 4.34. The Morgan fingerprint density at radius 3 is 2.72 bits per heavy atom. The number of hydrogen-bond acceptors (Lipinski definition) is 3. The molecule has 2 aromatic rings. The number of rotatable bonds is 6. The Hall–Kier alpha value is -2.20. The van der Waals surface area contributed by atoms with Crippen LogP contribution in [-0.4, -0.2) is 19.1 Å². The van der Waals surface area contributed by atoms with Gasteiger partial charge in [-0.1, -0.05) is 41.9 Å². The third kappa shape index (κ3) is 5.13. The Morgan fingerprint density at radius 1 is 1.08 bits per heavy atom. The summed E-state index contributed by atoms with van der Waals surface area (Å²) in [6.07, 6.45) is 3.08. The zero-order chi connectivity index (χ0) is 17.5. The van der Waals surface area contributed by atoms with Crippen molar-refractivity contribution in [2.45, 2.75) is 32.2 Å². The predicted molar refractivity (Wildman–Crippen MR) is 98.3 cm³/mol. The predicted octanol–water partition coefficient (Wildman–Crippen LogP) is 4.14. The molecular weight excluding hydrogens is 338 g/mol. The maximum atomic E-state index is 12.0. The van der Waals surface area contributed by atoms with Crippen molar-refractivity contribution in [2.24, 2.45) is 0 Å². The van der Waals surface area contributed by atoms with E-state index in [-0.39, 0.29) is 5.91 Å². The number of aryl methyl sites for hydroxylation is 1. The Bertz CT molecular complexity index is 718. The van der Waals surface area contributed by atoms with Gasteiger partial charge in [-0.3, -0.25) is 4.79 Å². The van der Waals surface area contributed by atoms with E-state index in [1.165, 1.54) is 5.56 Å². The van der Waals surface area contributed by atoms with Crippen LogP contribution in [0.4, 0.5) is 0 Å². The first-order valence-corrected chi connectivity index (χ1v) is 8.99. The van der Waals surface area contributed by atoms with E-state index in [2.05, 4.69) is 17.4 Å². The van der Waals surface area contributed by atoms with Crippen LogP contribution in [0.5, 0.6) is 11.5 Å². The van der Waals surface area contributed by atoms with Crippen LogP contribution in [-0.2, 0) is 17.8 Å². The van der Waals surface area contributed by atoms with Gasteiger partial charge in [0.15, 0.2) is 11.5 Å². The fourth-order valence-electron chi connectivity index (χ4n) is 2.77. The molecule has 1 N–H and O–H groups in total. The number of benzene rings is 2. The van der Waals surface area contributed by atoms with Crippen LogP contribution in [0.3, 0.4) is 0 Å². The fourth-order valence-corrected chi connectivity index (χ4v) is 3.06. The molecule has 0 aromatic heterocycles. The molecule has 5 heteroatoms. The first kappa shape index (κ1) is 17.6. The van der Waals surface area contributed by atoms with Crippen LogP contribution in [0, 0.1) is 0 Å². The molecule has 3 rings (SSSR count). The minimum atomic E-state index is 0.0409. The summed E-state index contributed by atoms with van der Waals surface area (Å²) in [6.45, 7) is 1.64. The van der Waals surface area contributed by atoms with Gasteiger partial charge in [0, 0.05) is 19.4 Å². The molecule has 0 atom stereocenters. The molecular formula is C20H22ClNO3. The maximum absolute atomic E-state index is 12.0. The normalized spacial score (nSPS) is 13.2. The van der Waals surface area contributed by atoms with Gasteiger partial charge in [-0.2, -0.15) is 0 Å². The Morgan fingerprint density at radius 2 is 1.88 bits per heavy atom. The molecule has 2 aromatic carbocycles. The van der Waals surface area contributed by atoms with Crippen LogP contribution in [0.2, 0.25) is 5.02 Å². The second-order valence-electron chi connectivity index (χ2n) is 6.07. The smallest absolute Gasteiger partial charge is 0.220 e. The van der Waals surface area contributed by atoms with Crippen molar-refractivity contribution < 1.29 is 14.3 Å². The molecule has 0 bridgehead atoms. The van der Waals surface area contributed by atoms with Crippen LogP contribution in [0.25, 0.3) is 0 Å². The molecule has 132 valence electrons. The lowest BCUT2D eigenvalue weighted by Gasteiger charge is -2.12. The summed E-state index contributed by atoms with van der Waals surface area (Å²) in [5.41, 5.74) is 2.16. The van der Waals surface area contributed by atoms with Crippen LogP contribution < -0.4 is 14.8 Å². The fraction of sp³-hybridized carbons (Fsp3) is 0.350. The highest BCUT2D eigenvalue weighted by atomic mass is 35.5. The molecule has 0 spiro atoms. The molecule has 1 heterocycles. The van der Waals surface area contributed by atoms with E-state index >= 15 is 0 Å². The van der Waals surface area contributed by atoms with Crippen molar-refractivity contribution in [3.63, 3.8) is 0 Å². The number of amides is 1. The molecule has 0 saturated heterocycles. The van der Waals surface area contributed by atoms with Crippen LogP contribution in [0.15, 0.2) is 42.5 Å². The lowest BCUT2D eigenvalue weighted by molar-refractivity contribution is -0.121. The van der Waals surface area contributed by atoms with E-state index in [9.17, 15) is 4.79 Å². The Labute approximate surface area is 153 Å². The number of carbonyl (C=O) groups is 1. The summed E-state index contributed by atoms with van der Waals surface area (Å²) >= 11 is 6.27. The van der Waals surface area contributed by atoms with Gasteiger partial charge in [-0.05, 0) is 36.1 Å². The van der Waals surface area contributed by atoms with Crippen molar-refractivity contribution in [3.8, 4) is 11.5 Å². The summed E-state index contributed by atoms with van der Waals surface area (Å²) in [4.78, 5) is 12.0. The first-order valence-electron chi connectivity index (χ1n) is 8.61. The van der Waals surface area contributed by atoms with Gasteiger partial charge in [0.05, 0.1) is 18.2 Å². The molecule has 25 heavy (non-hydrogen) atoms. The SMILES string of the molecule is O=C(CCCc1ccccc1)NCc1cc(Cl)c2c(c1)OCCCO2. The van der Waals surface area contributed by atoms with Crippen molar-refractivity contribution >= 4 is 17.5 Å². The highest BCUT2D eigenvalue weighted by molar-refractivity contribution is 6.32. The van der Waals surface area contributed by atoms with Gasteiger partial charge in [0.2, 0.25) is 5.91 Å². The summed E-state index contributed by atoms with van der Waals surface area (Å²) in [5, 5.41) is 3.46. The average Bonchev–Trinajstić information content (AvgIpc) is 2.87. The average molecular weight is 360 g/mol. The Kier molecular flexibility index (Phi) is 6.18. The monoisotopic (exact) mass is 359 g/mol. The van der Waals surface area contributed by atoms with Crippen LogP contribution >= 0.6 is 11.6 Å². The standard InChI is InChI=1S/C20H22ClNO3/c21-17-12-16(13-18-20(17)25-11-5-10-24-18)14-22-19(23)9-4-8-15-6-2-1-3-7-15/h1-3,6-7,12-13H,4-5,8-11,14H2,(H,22,23). The summed E-state index contributed by atoms with van der Waals surface area (Å²) in [6, 6.07) is 13.9. The van der Waals surface area contributed by atoms with E-state index in [4.69, 9.17) is 21.1 Å². The van der Waals surface area contributed by atoms with Crippen LogP contribution in [0.1, 0.15) is 30.4 Å². The van der Waals surface area contributed by atoms with Crippen molar-refractivity contribution in [3.05, 3.63) is 58.6 Å². The van der Waals surface area contributed by atoms with E-state index in [1.54, 1.807) is 0 Å². The van der Waals surface area contributed by atoms with Gasteiger partial charge < -0.3 is 14.8 Å². The molecule has 1 aliphatic heterocycles. The number of carbonyl (C=O) groups excluding carboxylic acids is 1. The number of fused-ring (bicyclic) bond motifs is 1. The van der Waals surface area contributed by atoms with Crippen molar-refractivity contribution in [1.29, 1.82) is 0 Å². The number of halogens is 1. The molecule has 0 saturated carbocycles. The minimum Gasteiger partial charge on any atom is -0.489 e. The number of ether oxygens (including phenoxy) is 2. The van der Waals surface area contributed by atoms with Crippen molar-refractivity contribution in [2.75, 3.05) is 13.2 Å². The van der Waals surface area contributed by atoms with E-state index in [0.29, 0.717) is 42.7 Å². The highest BCUT2D eigenvalue weighted by Gasteiger charge is 2.15. The second kappa shape index (κ2) is 8.77. The molecule has 4 nitrogen and oxygen atoms in total. The summed E-state index contributed by atoms with van der Waals surface area (Å²) in [7, 11) is 0. The quantitative estimate of drug-likeness (QED) is 0.843. The second-order valence-corrected chi connectivity index (χ2v) is 6.48. The molecule has 0 radical (unpaired) electrons. The number of nitrogens with one attached hydrogen (secondary N) is 1. The Balaban J connectivity index is 1.48. The van der Waals surface area contributed by atoms with Gasteiger partial charge in [-0.25, -0.2) is 0 Å². The number of hydrogen-bond donors (Lipinski definition) is 1. The van der Waals surface area contributed by atoms with Crippen molar-refractivity contribution in [1.82, 2.24) is 5.32 Å². The zero-order valence-electron chi connectivity index (χ0n) is 14.1. The van der Waals surface area contributed by atoms with Gasteiger partial charge in [0.1, 0.15) is 0 Å². The third-order valence-electron chi connectivity index (χ3n) is 4.06. The molecule has 0 aliphatic carbocycles. The maximum Gasteiger partial charge on any atom is 0.220 e. The van der Waals surface area contributed by atoms with Gasteiger partial charge in [0.25, 0.3) is 0 Å². The highest BCUT2D eigenvalue weighted by Crippen LogP contribution is 2.37. The van der Waals surface area contributed by atoms with Gasteiger partial charge >= 0.3 is 0 Å². The minimum absolute atomic E-state index is 0.0409. The molecule has 1 aliphatic rings. The zero-order valence-corrected chi connectivity index (χ0v) is 14.8. The van der Waals surface area contributed by atoms with E-state index in [0.717, 1.165) is 24.8 Å². The van der Waals surface area contributed by atoms with E-state index < -0.39 is 0 Å². The van der Waals surface area contributed by atoms with E-state index in [1.807, 2.05) is 30.3 Å². The molecule has 0 fully saturated rings. The first-order chi connectivity index (χ1) is 12.2. The molecule has 0 unspecified atom stereocenters.